The number of hydrogen-bond acceptors (Lipinski definition) is 4. The molecule has 4 heteroatoms. The van der Waals surface area contributed by atoms with Gasteiger partial charge < -0.3 is 14.8 Å². The fraction of sp³-hybridized carbons (Fsp3) is 0.286. The van der Waals surface area contributed by atoms with Gasteiger partial charge in [0, 0.05) is 23.0 Å². The number of fused-ring (bicyclic) bond motifs is 1. The summed E-state index contributed by atoms with van der Waals surface area (Å²) >= 11 is 1.77. The first-order valence-electron chi connectivity index (χ1n) is 5.99. The molecule has 1 aromatic heterocycles. The number of rotatable bonds is 4. The molecular weight excluding hydrogens is 246 g/mol. The molecule has 3 nitrogen and oxygen atoms in total. The van der Waals surface area contributed by atoms with Gasteiger partial charge in [0.15, 0.2) is 11.5 Å². The Balaban J connectivity index is 1.69. The number of nitrogens with one attached hydrogen (secondary N) is 1. The lowest BCUT2D eigenvalue weighted by molar-refractivity contribution is 0.173. The standard InChI is InChI=1S/C14H15NO2S/c1-10(13-6-3-7-18-13)15-8-11-4-2-5-12-14(11)17-9-16-12/h2-7,10,15H,8-9H2,1H3. The van der Waals surface area contributed by atoms with Crippen molar-refractivity contribution in [2.24, 2.45) is 0 Å². The molecule has 0 aliphatic carbocycles. The minimum Gasteiger partial charge on any atom is -0.454 e. The van der Waals surface area contributed by atoms with Gasteiger partial charge in [-0.15, -0.1) is 11.3 Å². The lowest BCUT2D eigenvalue weighted by Gasteiger charge is -2.13. The maximum absolute atomic E-state index is 5.49. The van der Waals surface area contributed by atoms with Crippen molar-refractivity contribution in [2.45, 2.75) is 19.5 Å². The molecule has 0 radical (unpaired) electrons. The lowest BCUT2D eigenvalue weighted by atomic mass is 10.1. The Bertz CT molecular complexity index is 525. The fourth-order valence-corrected chi connectivity index (χ4v) is 2.79. The maximum atomic E-state index is 5.49. The second-order valence-electron chi connectivity index (χ2n) is 4.27. The molecule has 2 aromatic rings. The summed E-state index contributed by atoms with van der Waals surface area (Å²) in [6.07, 6.45) is 0. The molecule has 1 N–H and O–H groups in total. The molecule has 2 heterocycles. The minimum absolute atomic E-state index is 0.326. The molecular formula is C14H15NO2S. The van der Waals surface area contributed by atoms with Crippen LogP contribution >= 0.6 is 11.3 Å². The quantitative estimate of drug-likeness (QED) is 0.915. The second-order valence-corrected chi connectivity index (χ2v) is 5.25. The molecule has 3 rings (SSSR count). The van der Waals surface area contributed by atoms with Gasteiger partial charge in [-0.2, -0.15) is 0 Å². The van der Waals surface area contributed by atoms with Crippen LogP contribution in [0.3, 0.4) is 0 Å². The largest absolute Gasteiger partial charge is 0.454 e. The zero-order chi connectivity index (χ0) is 12.4. The maximum Gasteiger partial charge on any atom is 0.231 e. The van der Waals surface area contributed by atoms with E-state index >= 15 is 0 Å². The fourth-order valence-electron chi connectivity index (χ4n) is 2.03. The summed E-state index contributed by atoms with van der Waals surface area (Å²) in [5.74, 6) is 1.72. The number of thiophene rings is 1. The summed E-state index contributed by atoms with van der Waals surface area (Å²) in [6.45, 7) is 3.28. The molecule has 0 bridgehead atoms. The minimum atomic E-state index is 0.326. The van der Waals surface area contributed by atoms with Crippen LogP contribution < -0.4 is 14.8 Å². The van der Waals surface area contributed by atoms with Crippen molar-refractivity contribution < 1.29 is 9.47 Å². The highest BCUT2D eigenvalue weighted by Gasteiger charge is 2.17. The van der Waals surface area contributed by atoms with E-state index in [1.807, 2.05) is 12.1 Å². The van der Waals surface area contributed by atoms with Gasteiger partial charge in [-0.3, -0.25) is 0 Å². The predicted octanol–water partition coefficient (Wildman–Crippen LogP) is 3.33. The highest BCUT2D eigenvalue weighted by molar-refractivity contribution is 7.10. The van der Waals surface area contributed by atoms with Gasteiger partial charge >= 0.3 is 0 Å². The summed E-state index contributed by atoms with van der Waals surface area (Å²) in [7, 11) is 0. The molecule has 18 heavy (non-hydrogen) atoms. The zero-order valence-electron chi connectivity index (χ0n) is 10.2. The van der Waals surface area contributed by atoms with E-state index in [-0.39, 0.29) is 0 Å². The molecule has 1 aliphatic heterocycles. The van der Waals surface area contributed by atoms with Crippen LogP contribution in [0.2, 0.25) is 0 Å². The molecule has 1 atom stereocenters. The van der Waals surface area contributed by atoms with Gasteiger partial charge in [-0.05, 0) is 24.4 Å². The van der Waals surface area contributed by atoms with Gasteiger partial charge in [0.25, 0.3) is 0 Å². The van der Waals surface area contributed by atoms with Gasteiger partial charge in [-0.25, -0.2) is 0 Å². The van der Waals surface area contributed by atoms with Crippen molar-refractivity contribution in [1.82, 2.24) is 5.32 Å². The first-order chi connectivity index (χ1) is 8.84. The zero-order valence-corrected chi connectivity index (χ0v) is 11.0. The van der Waals surface area contributed by atoms with Crippen LogP contribution in [0.1, 0.15) is 23.4 Å². The molecule has 0 amide bonds. The van der Waals surface area contributed by atoms with E-state index in [0.29, 0.717) is 12.8 Å². The topological polar surface area (TPSA) is 30.5 Å². The van der Waals surface area contributed by atoms with Crippen LogP contribution in [0, 0.1) is 0 Å². The molecule has 1 aromatic carbocycles. The Hall–Kier alpha value is -1.52. The molecule has 0 fully saturated rings. The average molecular weight is 261 g/mol. The monoisotopic (exact) mass is 261 g/mol. The van der Waals surface area contributed by atoms with Gasteiger partial charge in [0.2, 0.25) is 6.79 Å². The predicted molar refractivity (Wildman–Crippen MR) is 72.1 cm³/mol. The molecule has 1 aliphatic rings. The summed E-state index contributed by atoms with van der Waals surface area (Å²) in [4.78, 5) is 1.35. The van der Waals surface area contributed by atoms with E-state index in [1.165, 1.54) is 4.88 Å². The average Bonchev–Trinajstić information content (AvgIpc) is 3.05. The van der Waals surface area contributed by atoms with Crippen LogP contribution in [-0.4, -0.2) is 6.79 Å². The summed E-state index contributed by atoms with van der Waals surface area (Å²) < 4.78 is 10.9. The highest BCUT2D eigenvalue weighted by atomic mass is 32.1. The number of benzene rings is 1. The van der Waals surface area contributed by atoms with E-state index < -0.39 is 0 Å². The number of hydrogen-bond donors (Lipinski definition) is 1. The molecule has 0 saturated heterocycles. The van der Waals surface area contributed by atoms with Crippen LogP contribution in [0.4, 0.5) is 0 Å². The Morgan fingerprint density at radius 3 is 3.06 bits per heavy atom. The van der Waals surface area contributed by atoms with E-state index in [2.05, 4.69) is 35.8 Å². The van der Waals surface area contributed by atoms with Gasteiger partial charge in [0.05, 0.1) is 0 Å². The first-order valence-corrected chi connectivity index (χ1v) is 6.87. The highest BCUT2D eigenvalue weighted by Crippen LogP contribution is 2.35. The van der Waals surface area contributed by atoms with E-state index in [4.69, 9.17) is 9.47 Å². The SMILES string of the molecule is CC(NCc1cccc2c1OCO2)c1cccs1. The summed E-state index contributed by atoms with van der Waals surface area (Å²) in [5.41, 5.74) is 1.15. The Labute approximate surface area is 110 Å². The third-order valence-corrected chi connectivity index (χ3v) is 4.10. The molecule has 94 valence electrons. The van der Waals surface area contributed by atoms with Crippen LogP contribution in [0.25, 0.3) is 0 Å². The van der Waals surface area contributed by atoms with E-state index in [0.717, 1.165) is 23.6 Å². The second kappa shape index (κ2) is 5.00. The number of para-hydroxylation sites is 1. The Morgan fingerprint density at radius 2 is 2.22 bits per heavy atom. The van der Waals surface area contributed by atoms with E-state index in [1.54, 1.807) is 11.3 Å². The Morgan fingerprint density at radius 1 is 1.28 bits per heavy atom. The molecule has 0 spiro atoms. The molecule has 1 unspecified atom stereocenters. The molecule has 0 saturated carbocycles. The smallest absolute Gasteiger partial charge is 0.231 e. The van der Waals surface area contributed by atoms with Crippen molar-refractivity contribution in [3.05, 3.63) is 46.2 Å². The normalized spacial score (nSPS) is 14.7. The summed E-state index contributed by atoms with van der Waals surface area (Å²) in [6, 6.07) is 10.6. The third-order valence-electron chi connectivity index (χ3n) is 3.05. The lowest BCUT2D eigenvalue weighted by Crippen LogP contribution is -2.17. The van der Waals surface area contributed by atoms with E-state index in [9.17, 15) is 0 Å². The van der Waals surface area contributed by atoms with Crippen LogP contribution in [0.15, 0.2) is 35.7 Å². The Kier molecular flexibility index (Phi) is 3.21. The third kappa shape index (κ3) is 2.21. The van der Waals surface area contributed by atoms with Crippen molar-refractivity contribution >= 4 is 11.3 Å². The van der Waals surface area contributed by atoms with Crippen molar-refractivity contribution in [3.63, 3.8) is 0 Å². The summed E-state index contributed by atoms with van der Waals surface area (Å²) in [5, 5.41) is 5.61. The van der Waals surface area contributed by atoms with Crippen molar-refractivity contribution in [1.29, 1.82) is 0 Å². The van der Waals surface area contributed by atoms with Crippen LogP contribution in [0.5, 0.6) is 11.5 Å². The van der Waals surface area contributed by atoms with Crippen molar-refractivity contribution in [3.8, 4) is 11.5 Å². The number of ether oxygens (including phenoxy) is 2. The van der Waals surface area contributed by atoms with Gasteiger partial charge in [-0.1, -0.05) is 18.2 Å². The van der Waals surface area contributed by atoms with Crippen molar-refractivity contribution in [2.75, 3.05) is 6.79 Å². The first kappa shape index (κ1) is 11.6. The van der Waals surface area contributed by atoms with Gasteiger partial charge in [0.1, 0.15) is 0 Å². The van der Waals surface area contributed by atoms with Crippen LogP contribution in [-0.2, 0) is 6.54 Å².